The van der Waals surface area contributed by atoms with Crippen LogP contribution in [0.2, 0.25) is 0 Å². The minimum Gasteiger partial charge on any atom is -0.393 e. The van der Waals surface area contributed by atoms with E-state index in [4.69, 9.17) is 4.74 Å². The van der Waals surface area contributed by atoms with Crippen LogP contribution in [0.4, 0.5) is 11.4 Å². The molecule has 0 spiro atoms. The van der Waals surface area contributed by atoms with Crippen LogP contribution in [0.25, 0.3) is 0 Å². The standard InChI is InChI=1S/C16H14N2O6/c1-8-2-3-9(18(22)23)6-10(8)17-14(20)12-11-4-5-16(7-19,24-11)13(12)15(17)21/h2-6,11-13,19H,7H2,1H3. The fraction of sp³-hybridized carbons (Fsp3) is 0.375. The molecule has 3 heterocycles. The predicted octanol–water partition coefficient (Wildman–Crippen LogP) is 0.709. The van der Waals surface area contributed by atoms with E-state index in [1.807, 2.05) is 0 Å². The van der Waals surface area contributed by atoms with E-state index < -0.39 is 46.9 Å². The summed E-state index contributed by atoms with van der Waals surface area (Å²) in [4.78, 5) is 37.2. The summed E-state index contributed by atoms with van der Waals surface area (Å²) in [6, 6.07) is 4.07. The second kappa shape index (κ2) is 4.71. The second-order valence-corrected chi connectivity index (χ2v) is 6.30. The number of non-ortho nitro benzene ring substituents is 1. The van der Waals surface area contributed by atoms with Gasteiger partial charge in [-0.3, -0.25) is 19.7 Å². The molecular weight excluding hydrogens is 316 g/mol. The molecule has 1 aromatic rings. The average Bonchev–Trinajstić information content (AvgIpc) is 3.19. The van der Waals surface area contributed by atoms with Crippen molar-refractivity contribution in [2.75, 3.05) is 11.5 Å². The maximum absolute atomic E-state index is 12.9. The Hall–Kier alpha value is -2.58. The number of aliphatic hydroxyl groups is 1. The number of hydrogen-bond acceptors (Lipinski definition) is 6. The number of fused-ring (bicyclic) bond motifs is 5. The van der Waals surface area contributed by atoms with Crippen LogP contribution in [0.5, 0.6) is 0 Å². The van der Waals surface area contributed by atoms with Crippen LogP contribution in [-0.2, 0) is 14.3 Å². The summed E-state index contributed by atoms with van der Waals surface area (Å²) < 4.78 is 5.66. The third kappa shape index (κ3) is 1.69. The maximum Gasteiger partial charge on any atom is 0.271 e. The van der Waals surface area contributed by atoms with E-state index in [0.717, 1.165) is 4.90 Å². The molecule has 1 N–H and O–H groups in total. The number of imide groups is 1. The van der Waals surface area contributed by atoms with Crippen LogP contribution in [0.3, 0.4) is 0 Å². The van der Waals surface area contributed by atoms with E-state index in [1.165, 1.54) is 18.2 Å². The van der Waals surface area contributed by atoms with E-state index in [2.05, 4.69) is 0 Å². The first-order valence-corrected chi connectivity index (χ1v) is 7.50. The SMILES string of the molecule is Cc1ccc([N+](=O)[O-])cc1N1C(=O)C2C3C=CC(CO)(O3)C2C1=O. The fourth-order valence-electron chi connectivity index (χ4n) is 3.87. The first kappa shape index (κ1) is 15.0. The predicted molar refractivity (Wildman–Crippen MR) is 81.1 cm³/mol. The molecule has 4 unspecified atom stereocenters. The van der Waals surface area contributed by atoms with Gasteiger partial charge in [-0.05, 0) is 12.5 Å². The lowest BCUT2D eigenvalue weighted by molar-refractivity contribution is -0.384. The van der Waals surface area contributed by atoms with E-state index in [9.17, 15) is 24.8 Å². The molecule has 2 fully saturated rings. The van der Waals surface area contributed by atoms with Crippen molar-refractivity contribution in [3.63, 3.8) is 0 Å². The lowest BCUT2D eigenvalue weighted by Gasteiger charge is -2.26. The molecule has 4 rings (SSSR count). The number of aliphatic hydroxyl groups excluding tert-OH is 1. The first-order chi connectivity index (χ1) is 11.4. The van der Waals surface area contributed by atoms with Gasteiger partial charge in [-0.2, -0.15) is 0 Å². The lowest BCUT2D eigenvalue weighted by Crippen LogP contribution is -2.43. The van der Waals surface area contributed by atoms with Crippen molar-refractivity contribution >= 4 is 23.2 Å². The number of nitro benzene ring substituents is 1. The smallest absolute Gasteiger partial charge is 0.271 e. The summed E-state index contributed by atoms with van der Waals surface area (Å²) in [5, 5.41) is 20.7. The molecule has 0 aromatic heterocycles. The number of carbonyl (C=O) groups excluding carboxylic acids is 2. The van der Waals surface area contributed by atoms with Crippen molar-refractivity contribution in [3.8, 4) is 0 Å². The van der Waals surface area contributed by atoms with Crippen LogP contribution in [0, 0.1) is 28.9 Å². The molecule has 4 atom stereocenters. The quantitative estimate of drug-likeness (QED) is 0.378. The Morgan fingerprint density at radius 1 is 1.38 bits per heavy atom. The molecule has 0 saturated carbocycles. The summed E-state index contributed by atoms with van der Waals surface area (Å²) in [5.74, 6) is -2.44. The minimum atomic E-state index is -1.18. The summed E-state index contributed by atoms with van der Waals surface area (Å²) in [5.41, 5.74) is -0.573. The van der Waals surface area contributed by atoms with Crippen molar-refractivity contribution < 1.29 is 24.4 Å². The van der Waals surface area contributed by atoms with Crippen LogP contribution in [-0.4, -0.2) is 40.2 Å². The number of carbonyl (C=O) groups is 2. The third-order valence-electron chi connectivity index (χ3n) is 5.05. The highest BCUT2D eigenvalue weighted by Gasteiger charge is 2.67. The molecule has 3 aliphatic heterocycles. The number of nitro groups is 1. The molecule has 8 nitrogen and oxygen atoms in total. The molecule has 8 heteroatoms. The van der Waals surface area contributed by atoms with E-state index in [0.29, 0.717) is 5.56 Å². The van der Waals surface area contributed by atoms with Crippen LogP contribution in [0.1, 0.15) is 5.56 Å². The Labute approximate surface area is 136 Å². The maximum atomic E-state index is 12.9. The third-order valence-corrected chi connectivity index (χ3v) is 5.05. The Bertz CT molecular complexity index is 819. The molecule has 1 aromatic carbocycles. The average molecular weight is 330 g/mol. The Morgan fingerprint density at radius 2 is 2.12 bits per heavy atom. The second-order valence-electron chi connectivity index (χ2n) is 6.30. The number of ether oxygens (including phenoxy) is 1. The zero-order chi connectivity index (χ0) is 17.2. The highest BCUT2D eigenvalue weighted by Crippen LogP contribution is 2.52. The number of aryl methyl sites for hydroxylation is 1. The van der Waals surface area contributed by atoms with Crippen molar-refractivity contribution in [3.05, 3.63) is 46.0 Å². The minimum absolute atomic E-state index is 0.192. The van der Waals surface area contributed by atoms with Gasteiger partial charge in [0, 0.05) is 12.1 Å². The molecule has 2 amide bonds. The number of nitrogens with zero attached hydrogens (tertiary/aromatic N) is 2. The Kier molecular flexibility index (Phi) is 2.94. The van der Waals surface area contributed by atoms with Crippen molar-refractivity contribution in [2.45, 2.75) is 18.6 Å². The molecular formula is C16H14N2O6. The van der Waals surface area contributed by atoms with Gasteiger partial charge in [-0.1, -0.05) is 18.2 Å². The Balaban J connectivity index is 1.80. The van der Waals surface area contributed by atoms with Gasteiger partial charge < -0.3 is 9.84 Å². The molecule has 0 radical (unpaired) electrons. The molecule has 24 heavy (non-hydrogen) atoms. The summed E-state index contributed by atoms with van der Waals surface area (Å²) in [6.07, 6.45) is 2.77. The zero-order valence-electron chi connectivity index (χ0n) is 12.7. The van der Waals surface area contributed by atoms with Crippen LogP contribution >= 0.6 is 0 Å². The lowest BCUT2D eigenvalue weighted by atomic mass is 9.77. The van der Waals surface area contributed by atoms with Gasteiger partial charge in [0.1, 0.15) is 5.60 Å². The first-order valence-electron chi connectivity index (χ1n) is 7.50. The molecule has 0 aliphatic carbocycles. The van der Waals surface area contributed by atoms with Gasteiger partial charge in [0.15, 0.2) is 0 Å². The highest BCUT2D eigenvalue weighted by atomic mass is 16.6. The van der Waals surface area contributed by atoms with E-state index in [1.54, 1.807) is 19.1 Å². The summed E-state index contributed by atoms with van der Waals surface area (Å²) in [6.45, 7) is 1.28. The monoisotopic (exact) mass is 330 g/mol. The number of amides is 2. The highest BCUT2D eigenvalue weighted by molar-refractivity contribution is 6.23. The Morgan fingerprint density at radius 3 is 2.79 bits per heavy atom. The normalized spacial score (nSPS) is 33.4. The topological polar surface area (TPSA) is 110 Å². The fourth-order valence-corrected chi connectivity index (χ4v) is 3.87. The van der Waals surface area contributed by atoms with E-state index >= 15 is 0 Å². The molecule has 2 saturated heterocycles. The summed E-state index contributed by atoms with van der Waals surface area (Å²) >= 11 is 0. The van der Waals surface area contributed by atoms with Gasteiger partial charge in [0.05, 0.1) is 35.2 Å². The number of hydrogen-bond donors (Lipinski definition) is 1. The number of anilines is 1. The van der Waals surface area contributed by atoms with Gasteiger partial charge in [-0.15, -0.1) is 0 Å². The number of rotatable bonds is 3. The van der Waals surface area contributed by atoms with Crippen molar-refractivity contribution in [1.82, 2.24) is 0 Å². The van der Waals surface area contributed by atoms with Crippen LogP contribution < -0.4 is 4.90 Å². The van der Waals surface area contributed by atoms with Crippen LogP contribution in [0.15, 0.2) is 30.4 Å². The number of benzene rings is 1. The molecule has 124 valence electrons. The largest absolute Gasteiger partial charge is 0.393 e. The van der Waals surface area contributed by atoms with Crippen molar-refractivity contribution in [1.29, 1.82) is 0 Å². The van der Waals surface area contributed by atoms with Gasteiger partial charge in [0.25, 0.3) is 5.69 Å². The summed E-state index contributed by atoms with van der Waals surface area (Å²) in [7, 11) is 0. The zero-order valence-corrected chi connectivity index (χ0v) is 12.7. The van der Waals surface area contributed by atoms with E-state index in [-0.39, 0.29) is 11.4 Å². The van der Waals surface area contributed by atoms with Crippen molar-refractivity contribution in [2.24, 2.45) is 11.8 Å². The molecule has 3 aliphatic rings. The van der Waals surface area contributed by atoms with Gasteiger partial charge in [-0.25, -0.2) is 4.90 Å². The van der Waals surface area contributed by atoms with Gasteiger partial charge >= 0.3 is 0 Å². The van der Waals surface area contributed by atoms with Gasteiger partial charge in [0.2, 0.25) is 11.8 Å². The molecule has 2 bridgehead atoms.